The summed E-state index contributed by atoms with van der Waals surface area (Å²) in [7, 11) is -3.65. The smallest absolute Gasteiger partial charge is 0.261 e. The van der Waals surface area contributed by atoms with E-state index >= 15 is 0 Å². The van der Waals surface area contributed by atoms with Crippen LogP contribution in [0.5, 0.6) is 0 Å². The summed E-state index contributed by atoms with van der Waals surface area (Å²) in [6, 6.07) is 12.0. The van der Waals surface area contributed by atoms with Crippen molar-refractivity contribution < 1.29 is 13.2 Å². The van der Waals surface area contributed by atoms with E-state index < -0.39 is 10.0 Å². The van der Waals surface area contributed by atoms with Crippen LogP contribution in [0, 0.1) is 13.8 Å². The largest absolute Gasteiger partial charge is 0.349 e. The van der Waals surface area contributed by atoms with Gasteiger partial charge >= 0.3 is 0 Å². The van der Waals surface area contributed by atoms with Crippen LogP contribution in [0.15, 0.2) is 47.4 Å². The van der Waals surface area contributed by atoms with Crippen molar-refractivity contribution in [1.82, 2.24) is 5.32 Å². The Morgan fingerprint density at radius 1 is 1.00 bits per heavy atom. The maximum Gasteiger partial charge on any atom is 0.261 e. The number of carbonyl (C=O) groups is 1. The van der Waals surface area contributed by atoms with Gasteiger partial charge in [-0.2, -0.15) is 0 Å². The van der Waals surface area contributed by atoms with Gasteiger partial charge in [0.1, 0.15) is 0 Å². The molecule has 0 heterocycles. The number of aryl methyl sites for hydroxylation is 2. The molecule has 0 bridgehead atoms. The number of nitrogens with one attached hydrogen (secondary N) is 2. The molecule has 0 aromatic heterocycles. The molecule has 1 saturated carbocycles. The van der Waals surface area contributed by atoms with Crippen LogP contribution in [0.4, 0.5) is 5.69 Å². The maximum atomic E-state index is 12.5. The average Bonchev–Trinajstić information content (AvgIpc) is 3.10. The highest BCUT2D eigenvalue weighted by Crippen LogP contribution is 2.22. The van der Waals surface area contributed by atoms with Crippen LogP contribution < -0.4 is 10.0 Å². The molecule has 2 N–H and O–H groups in total. The lowest BCUT2D eigenvalue weighted by molar-refractivity contribution is 0.0938. The van der Waals surface area contributed by atoms with Crippen molar-refractivity contribution >= 4 is 21.6 Å². The zero-order valence-electron chi connectivity index (χ0n) is 15.1. The number of hydrogen-bond acceptors (Lipinski definition) is 3. The molecule has 0 spiro atoms. The zero-order chi connectivity index (χ0) is 18.7. The van der Waals surface area contributed by atoms with Crippen LogP contribution in [0.1, 0.15) is 47.2 Å². The third-order valence-electron chi connectivity index (χ3n) is 4.75. The summed E-state index contributed by atoms with van der Waals surface area (Å²) in [4.78, 5) is 12.6. The first-order chi connectivity index (χ1) is 12.3. The van der Waals surface area contributed by atoms with E-state index in [1.165, 1.54) is 0 Å². The SMILES string of the molecule is Cc1ccc(S(=O)(=O)Nc2ccc(C(=O)NC3CCCC3)cc2C)cc1. The minimum atomic E-state index is -3.65. The molecule has 0 atom stereocenters. The number of benzene rings is 2. The van der Waals surface area contributed by atoms with E-state index in [0.29, 0.717) is 16.8 Å². The van der Waals surface area contributed by atoms with Crippen LogP contribution in [0.25, 0.3) is 0 Å². The van der Waals surface area contributed by atoms with Crippen molar-refractivity contribution in [3.63, 3.8) is 0 Å². The summed E-state index contributed by atoms with van der Waals surface area (Å²) in [5.41, 5.74) is 2.73. The van der Waals surface area contributed by atoms with E-state index in [4.69, 9.17) is 0 Å². The lowest BCUT2D eigenvalue weighted by Crippen LogP contribution is -2.32. The molecule has 26 heavy (non-hydrogen) atoms. The predicted octanol–water partition coefficient (Wildman–Crippen LogP) is 3.78. The minimum absolute atomic E-state index is 0.104. The molecule has 1 amide bonds. The fourth-order valence-electron chi connectivity index (χ4n) is 3.18. The molecule has 5 nitrogen and oxygen atoms in total. The van der Waals surface area contributed by atoms with Gasteiger partial charge in [0.15, 0.2) is 0 Å². The normalized spacial score (nSPS) is 15.0. The fraction of sp³-hybridized carbons (Fsp3) is 0.350. The number of carbonyl (C=O) groups excluding carboxylic acids is 1. The van der Waals surface area contributed by atoms with E-state index in [9.17, 15) is 13.2 Å². The Labute approximate surface area is 154 Å². The average molecular weight is 372 g/mol. The molecule has 1 fully saturated rings. The second-order valence-electron chi connectivity index (χ2n) is 6.90. The third kappa shape index (κ3) is 4.25. The van der Waals surface area contributed by atoms with E-state index in [-0.39, 0.29) is 16.8 Å². The molecule has 138 valence electrons. The topological polar surface area (TPSA) is 75.3 Å². The number of amides is 1. The van der Waals surface area contributed by atoms with Crippen molar-refractivity contribution in [1.29, 1.82) is 0 Å². The van der Waals surface area contributed by atoms with Crippen LogP contribution >= 0.6 is 0 Å². The highest BCUT2D eigenvalue weighted by atomic mass is 32.2. The van der Waals surface area contributed by atoms with Crippen molar-refractivity contribution in [3.8, 4) is 0 Å². The van der Waals surface area contributed by atoms with E-state index in [1.54, 1.807) is 49.4 Å². The fourth-order valence-corrected chi connectivity index (χ4v) is 4.31. The van der Waals surface area contributed by atoms with Crippen LogP contribution in [-0.2, 0) is 10.0 Å². The number of anilines is 1. The Balaban J connectivity index is 1.74. The quantitative estimate of drug-likeness (QED) is 0.839. The first-order valence-corrected chi connectivity index (χ1v) is 10.3. The number of hydrogen-bond donors (Lipinski definition) is 2. The Kier molecular flexibility index (Phi) is 5.32. The van der Waals surface area contributed by atoms with Gasteiger partial charge in [0.05, 0.1) is 10.6 Å². The first-order valence-electron chi connectivity index (χ1n) is 8.86. The minimum Gasteiger partial charge on any atom is -0.349 e. The molecular weight excluding hydrogens is 348 g/mol. The lowest BCUT2D eigenvalue weighted by atomic mass is 10.1. The van der Waals surface area contributed by atoms with Gasteiger partial charge in [-0.1, -0.05) is 30.5 Å². The molecule has 0 aliphatic heterocycles. The van der Waals surface area contributed by atoms with Crippen molar-refractivity contribution in [3.05, 3.63) is 59.2 Å². The Morgan fingerprint density at radius 2 is 1.65 bits per heavy atom. The van der Waals surface area contributed by atoms with Gasteiger partial charge in [-0.25, -0.2) is 8.42 Å². The second kappa shape index (κ2) is 7.50. The number of sulfonamides is 1. The van der Waals surface area contributed by atoms with Crippen LogP contribution in [0.3, 0.4) is 0 Å². The molecule has 0 radical (unpaired) electrons. The van der Waals surface area contributed by atoms with Crippen molar-refractivity contribution in [2.45, 2.75) is 50.5 Å². The molecule has 0 saturated heterocycles. The molecule has 0 unspecified atom stereocenters. The maximum absolute atomic E-state index is 12.5. The van der Waals surface area contributed by atoms with Crippen LogP contribution in [-0.4, -0.2) is 20.4 Å². The van der Waals surface area contributed by atoms with E-state index in [0.717, 1.165) is 31.2 Å². The van der Waals surface area contributed by atoms with Gasteiger partial charge in [-0.3, -0.25) is 9.52 Å². The Bertz CT molecular complexity index is 899. The first kappa shape index (κ1) is 18.5. The molecule has 3 rings (SSSR count). The monoisotopic (exact) mass is 372 g/mol. The van der Waals surface area contributed by atoms with Gasteiger partial charge in [-0.05, 0) is 62.6 Å². The molecule has 1 aliphatic rings. The summed E-state index contributed by atoms with van der Waals surface area (Å²) in [5, 5.41) is 3.04. The predicted molar refractivity (Wildman–Crippen MR) is 103 cm³/mol. The van der Waals surface area contributed by atoms with Gasteiger partial charge in [0.25, 0.3) is 15.9 Å². The summed E-state index contributed by atoms with van der Waals surface area (Å²) >= 11 is 0. The van der Waals surface area contributed by atoms with Gasteiger partial charge in [-0.15, -0.1) is 0 Å². The Morgan fingerprint density at radius 3 is 2.27 bits per heavy atom. The summed E-state index contributed by atoms with van der Waals surface area (Å²) < 4.78 is 27.6. The summed E-state index contributed by atoms with van der Waals surface area (Å²) in [6.07, 6.45) is 4.37. The standard InChI is InChI=1S/C20H24N2O3S/c1-14-7-10-18(11-8-14)26(24,25)22-19-12-9-16(13-15(19)2)20(23)21-17-5-3-4-6-17/h7-13,17,22H,3-6H2,1-2H3,(H,21,23). The molecule has 2 aromatic rings. The Hall–Kier alpha value is -2.34. The zero-order valence-corrected chi connectivity index (χ0v) is 15.9. The molecular formula is C20H24N2O3S. The van der Waals surface area contributed by atoms with Gasteiger partial charge in [0, 0.05) is 11.6 Å². The lowest BCUT2D eigenvalue weighted by Gasteiger charge is -2.14. The highest BCUT2D eigenvalue weighted by molar-refractivity contribution is 7.92. The summed E-state index contributed by atoms with van der Waals surface area (Å²) in [5.74, 6) is -0.104. The van der Waals surface area contributed by atoms with Gasteiger partial charge in [0.2, 0.25) is 0 Å². The highest BCUT2D eigenvalue weighted by Gasteiger charge is 2.19. The van der Waals surface area contributed by atoms with Crippen molar-refractivity contribution in [2.75, 3.05) is 4.72 Å². The summed E-state index contributed by atoms with van der Waals surface area (Å²) in [6.45, 7) is 3.70. The third-order valence-corrected chi connectivity index (χ3v) is 6.14. The molecule has 1 aliphatic carbocycles. The van der Waals surface area contributed by atoms with Crippen LogP contribution in [0.2, 0.25) is 0 Å². The molecule has 2 aromatic carbocycles. The molecule has 6 heteroatoms. The number of rotatable bonds is 5. The van der Waals surface area contributed by atoms with Crippen molar-refractivity contribution in [2.24, 2.45) is 0 Å². The van der Waals surface area contributed by atoms with Gasteiger partial charge < -0.3 is 5.32 Å². The van der Waals surface area contributed by atoms with E-state index in [1.807, 2.05) is 6.92 Å². The second-order valence-corrected chi connectivity index (χ2v) is 8.59. The van der Waals surface area contributed by atoms with E-state index in [2.05, 4.69) is 10.0 Å².